The Labute approximate surface area is 131 Å². The highest BCUT2D eigenvalue weighted by Crippen LogP contribution is 2.30. The number of benzene rings is 2. The van der Waals surface area contributed by atoms with Crippen molar-refractivity contribution in [3.05, 3.63) is 47.5 Å². The number of phenolic OH excluding ortho intramolecular Hbond substituents is 1. The summed E-state index contributed by atoms with van der Waals surface area (Å²) in [6, 6.07) is 9.20. The number of ether oxygens (including phenoxy) is 1. The van der Waals surface area contributed by atoms with Gasteiger partial charge in [0.1, 0.15) is 11.5 Å². The number of aryl methyl sites for hydroxylation is 2. The van der Waals surface area contributed by atoms with E-state index in [0.29, 0.717) is 16.9 Å². The second-order valence-corrected chi connectivity index (χ2v) is 7.43. The van der Waals surface area contributed by atoms with Gasteiger partial charge in [0.15, 0.2) is 0 Å². The minimum Gasteiger partial charge on any atom is -0.508 e. The molecule has 0 aliphatic carbocycles. The Bertz CT molecular complexity index is 792. The number of hydrogen-bond acceptors (Lipinski definition) is 4. The summed E-state index contributed by atoms with van der Waals surface area (Å²) in [5.41, 5.74) is 1.15. The molecular weight excluding hydrogens is 300 g/mol. The summed E-state index contributed by atoms with van der Waals surface area (Å²) in [5, 5.41) is 9.44. The van der Waals surface area contributed by atoms with Gasteiger partial charge in [-0.25, -0.2) is 8.42 Å². The molecule has 5 heteroatoms. The molecule has 0 fully saturated rings. The average molecular weight is 320 g/mol. The third kappa shape index (κ3) is 3.25. The van der Waals surface area contributed by atoms with Gasteiger partial charge < -0.3 is 9.84 Å². The van der Waals surface area contributed by atoms with Crippen LogP contribution in [-0.4, -0.2) is 19.6 Å². The van der Waals surface area contributed by atoms with Crippen LogP contribution in [0.2, 0.25) is 0 Å². The summed E-state index contributed by atoms with van der Waals surface area (Å²) in [5.74, 6) is 0.697. The smallest absolute Gasteiger partial charge is 0.207 e. The summed E-state index contributed by atoms with van der Waals surface area (Å²) in [6.07, 6.45) is 0.0289. The Morgan fingerprint density at radius 1 is 0.955 bits per heavy atom. The standard InChI is InChI=1S/C17H20O4S/c1-11(2)21-15-6-8-17(13(4)10-15)22(19,20)16-7-5-14(18)9-12(16)3/h5-11,18H,1-4H3. The maximum Gasteiger partial charge on any atom is 0.207 e. The summed E-state index contributed by atoms with van der Waals surface area (Å²) in [4.78, 5) is 0.448. The van der Waals surface area contributed by atoms with E-state index in [2.05, 4.69) is 0 Å². The number of phenols is 1. The van der Waals surface area contributed by atoms with E-state index in [4.69, 9.17) is 4.74 Å². The fourth-order valence-corrected chi connectivity index (χ4v) is 4.02. The molecule has 0 amide bonds. The van der Waals surface area contributed by atoms with E-state index in [1.165, 1.54) is 18.2 Å². The van der Waals surface area contributed by atoms with Crippen molar-refractivity contribution < 1.29 is 18.3 Å². The van der Waals surface area contributed by atoms with Crippen molar-refractivity contribution in [2.75, 3.05) is 0 Å². The molecule has 2 aromatic rings. The minimum atomic E-state index is -3.63. The van der Waals surface area contributed by atoms with Crippen LogP contribution in [-0.2, 0) is 9.84 Å². The monoisotopic (exact) mass is 320 g/mol. The van der Waals surface area contributed by atoms with Crippen LogP contribution >= 0.6 is 0 Å². The zero-order valence-corrected chi connectivity index (χ0v) is 13.9. The molecule has 0 saturated carbocycles. The molecule has 0 unspecified atom stereocenters. The molecule has 2 aromatic carbocycles. The van der Waals surface area contributed by atoms with Gasteiger partial charge in [0.25, 0.3) is 0 Å². The Hall–Kier alpha value is -2.01. The number of rotatable bonds is 4. The zero-order valence-electron chi connectivity index (χ0n) is 13.1. The van der Waals surface area contributed by atoms with Crippen molar-refractivity contribution >= 4 is 9.84 Å². The highest BCUT2D eigenvalue weighted by atomic mass is 32.2. The Kier molecular flexibility index (Phi) is 4.47. The first kappa shape index (κ1) is 16.4. The fraction of sp³-hybridized carbons (Fsp3) is 0.294. The fourth-order valence-electron chi connectivity index (χ4n) is 2.32. The number of aromatic hydroxyl groups is 1. The van der Waals surface area contributed by atoms with Gasteiger partial charge in [0.2, 0.25) is 9.84 Å². The summed E-state index contributed by atoms with van der Waals surface area (Å²) in [7, 11) is -3.63. The van der Waals surface area contributed by atoms with E-state index in [9.17, 15) is 13.5 Å². The Balaban J connectivity index is 2.50. The Morgan fingerprint density at radius 3 is 2.00 bits per heavy atom. The molecule has 0 aliphatic rings. The molecule has 118 valence electrons. The quantitative estimate of drug-likeness (QED) is 0.934. The molecule has 22 heavy (non-hydrogen) atoms. The summed E-state index contributed by atoms with van der Waals surface area (Å²) < 4.78 is 31.2. The van der Waals surface area contributed by atoms with Crippen LogP contribution < -0.4 is 4.74 Å². The van der Waals surface area contributed by atoms with Crippen LogP contribution in [0.15, 0.2) is 46.2 Å². The third-order valence-electron chi connectivity index (χ3n) is 3.26. The molecule has 0 aliphatic heterocycles. The van der Waals surface area contributed by atoms with Crippen molar-refractivity contribution in [2.45, 2.75) is 43.6 Å². The molecule has 0 saturated heterocycles. The van der Waals surface area contributed by atoms with E-state index in [-0.39, 0.29) is 21.6 Å². The summed E-state index contributed by atoms with van der Waals surface area (Å²) >= 11 is 0. The molecule has 2 rings (SSSR count). The van der Waals surface area contributed by atoms with Gasteiger partial charge in [0.05, 0.1) is 15.9 Å². The predicted octanol–water partition coefficient (Wildman–Crippen LogP) is 3.63. The highest BCUT2D eigenvalue weighted by molar-refractivity contribution is 7.91. The van der Waals surface area contributed by atoms with Crippen LogP contribution in [0, 0.1) is 13.8 Å². The SMILES string of the molecule is Cc1cc(O)ccc1S(=O)(=O)c1ccc(OC(C)C)cc1C. The summed E-state index contributed by atoms with van der Waals surface area (Å²) in [6.45, 7) is 7.24. The third-order valence-corrected chi connectivity index (χ3v) is 5.33. The van der Waals surface area contributed by atoms with Gasteiger partial charge in [-0.05, 0) is 75.2 Å². The first-order valence-electron chi connectivity index (χ1n) is 7.04. The van der Waals surface area contributed by atoms with Gasteiger partial charge in [0, 0.05) is 0 Å². The average Bonchev–Trinajstić information content (AvgIpc) is 2.36. The van der Waals surface area contributed by atoms with Gasteiger partial charge in [-0.3, -0.25) is 0 Å². The molecule has 0 aromatic heterocycles. The minimum absolute atomic E-state index is 0.0289. The van der Waals surface area contributed by atoms with E-state index in [1.807, 2.05) is 13.8 Å². The van der Waals surface area contributed by atoms with E-state index < -0.39 is 9.84 Å². The number of sulfone groups is 1. The molecule has 0 atom stereocenters. The van der Waals surface area contributed by atoms with Crippen LogP contribution in [0.5, 0.6) is 11.5 Å². The molecule has 0 radical (unpaired) electrons. The van der Waals surface area contributed by atoms with Crippen LogP contribution in [0.25, 0.3) is 0 Å². The highest BCUT2D eigenvalue weighted by Gasteiger charge is 2.22. The Morgan fingerprint density at radius 2 is 1.50 bits per heavy atom. The van der Waals surface area contributed by atoms with Gasteiger partial charge in [-0.15, -0.1) is 0 Å². The zero-order chi connectivity index (χ0) is 16.5. The second kappa shape index (κ2) is 6.01. The van der Waals surface area contributed by atoms with Crippen molar-refractivity contribution in [3.8, 4) is 11.5 Å². The maximum atomic E-state index is 12.8. The van der Waals surface area contributed by atoms with Crippen molar-refractivity contribution in [1.82, 2.24) is 0 Å². The van der Waals surface area contributed by atoms with Gasteiger partial charge in [-0.1, -0.05) is 0 Å². The van der Waals surface area contributed by atoms with E-state index >= 15 is 0 Å². The van der Waals surface area contributed by atoms with Crippen LogP contribution in [0.3, 0.4) is 0 Å². The lowest BCUT2D eigenvalue weighted by Gasteiger charge is -2.14. The van der Waals surface area contributed by atoms with E-state index in [0.717, 1.165) is 0 Å². The van der Waals surface area contributed by atoms with Crippen molar-refractivity contribution in [1.29, 1.82) is 0 Å². The molecule has 0 spiro atoms. The topological polar surface area (TPSA) is 63.6 Å². The number of hydrogen-bond donors (Lipinski definition) is 1. The van der Waals surface area contributed by atoms with Crippen LogP contribution in [0.1, 0.15) is 25.0 Å². The van der Waals surface area contributed by atoms with Crippen molar-refractivity contribution in [3.63, 3.8) is 0 Å². The van der Waals surface area contributed by atoms with Gasteiger partial charge >= 0.3 is 0 Å². The first-order valence-corrected chi connectivity index (χ1v) is 8.52. The molecule has 4 nitrogen and oxygen atoms in total. The molecule has 0 heterocycles. The predicted molar refractivity (Wildman–Crippen MR) is 85.2 cm³/mol. The largest absolute Gasteiger partial charge is 0.508 e. The first-order chi connectivity index (χ1) is 10.2. The normalized spacial score (nSPS) is 11.7. The lowest BCUT2D eigenvalue weighted by Crippen LogP contribution is -2.08. The van der Waals surface area contributed by atoms with E-state index in [1.54, 1.807) is 32.0 Å². The molecule has 0 bridgehead atoms. The van der Waals surface area contributed by atoms with Gasteiger partial charge in [-0.2, -0.15) is 0 Å². The van der Waals surface area contributed by atoms with Crippen LogP contribution in [0.4, 0.5) is 0 Å². The second-order valence-electron chi connectivity index (χ2n) is 5.55. The molecule has 1 N–H and O–H groups in total. The molecular formula is C17H20O4S. The lowest BCUT2D eigenvalue weighted by atomic mass is 10.2. The maximum absolute atomic E-state index is 12.8. The lowest BCUT2D eigenvalue weighted by molar-refractivity contribution is 0.242. The van der Waals surface area contributed by atoms with Crippen molar-refractivity contribution in [2.24, 2.45) is 0 Å².